The molecule has 14 aromatic carbocycles. The van der Waals surface area contributed by atoms with Crippen molar-refractivity contribution in [2.75, 3.05) is 0 Å². The van der Waals surface area contributed by atoms with E-state index in [9.17, 15) is 0 Å². The summed E-state index contributed by atoms with van der Waals surface area (Å²) in [6, 6.07) is 116. The summed E-state index contributed by atoms with van der Waals surface area (Å²) in [4.78, 5) is 36.4. The summed E-state index contributed by atoms with van der Waals surface area (Å²) in [6.45, 7) is 0. The van der Waals surface area contributed by atoms with Crippen molar-refractivity contribution in [3.63, 3.8) is 0 Å². The Morgan fingerprint density at radius 2 is 0.402 bits per heavy atom. The lowest BCUT2D eigenvalue weighted by Gasteiger charge is -2.13. The summed E-state index contributed by atoms with van der Waals surface area (Å²) in [6.07, 6.45) is 0. The maximum atomic E-state index is 6.74. The van der Waals surface area contributed by atoms with Crippen molar-refractivity contribution in [1.29, 1.82) is 0 Å². The van der Waals surface area contributed by atoms with Gasteiger partial charge in [0.15, 0.2) is 29.1 Å². The summed E-state index contributed by atoms with van der Waals surface area (Å²) in [5.41, 5.74) is 19.5. The summed E-state index contributed by atoms with van der Waals surface area (Å²) >= 11 is 0. The quantitative estimate of drug-likeness (QED) is 0.111. The molecule has 452 valence electrons. The molecule has 0 amide bonds. The zero-order chi connectivity index (χ0) is 64.2. The van der Waals surface area contributed by atoms with Crippen molar-refractivity contribution in [2.45, 2.75) is 0 Å². The molecule has 0 aliphatic heterocycles. The Labute approximate surface area is 559 Å². The first kappa shape index (κ1) is 56.6. The number of benzene rings is 14. The summed E-state index contributed by atoms with van der Waals surface area (Å²) in [5, 5.41) is 9.53. The van der Waals surface area contributed by atoms with Crippen LogP contribution in [-0.4, -0.2) is 34.9 Å². The maximum Gasteiger partial charge on any atom is 0.164 e. The average Bonchev–Trinajstić information content (AvgIpc) is 1.69. The van der Waals surface area contributed by atoms with Crippen LogP contribution in [0.15, 0.2) is 338 Å². The first-order chi connectivity index (χ1) is 48.0. The normalized spacial score (nSPS) is 11.5. The lowest BCUT2D eigenvalue weighted by atomic mass is 9.91. The monoisotopic (exact) mass is 1240 g/mol. The van der Waals surface area contributed by atoms with E-state index >= 15 is 0 Å². The second kappa shape index (κ2) is 24.1. The van der Waals surface area contributed by atoms with Gasteiger partial charge in [0.1, 0.15) is 11.2 Å². The van der Waals surface area contributed by atoms with Crippen LogP contribution in [0.2, 0.25) is 0 Å². The van der Waals surface area contributed by atoms with Gasteiger partial charge in [-0.25, -0.2) is 34.9 Å². The number of hydrogen-bond acceptors (Lipinski definition) is 8. The van der Waals surface area contributed by atoms with Gasteiger partial charge in [-0.3, -0.25) is 0 Å². The van der Waals surface area contributed by atoms with Crippen molar-refractivity contribution in [2.24, 2.45) is 0 Å². The minimum absolute atomic E-state index is 0.570. The van der Waals surface area contributed by atoms with Crippen LogP contribution in [0.25, 0.3) is 190 Å². The molecule has 0 unspecified atom stereocenters. The molecule has 0 bridgehead atoms. The van der Waals surface area contributed by atoms with E-state index in [1.807, 2.05) is 97.1 Å². The van der Waals surface area contributed by atoms with Gasteiger partial charge in [-0.2, -0.15) is 0 Å². The predicted molar refractivity (Wildman–Crippen MR) is 396 cm³/mol. The van der Waals surface area contributed by atoms with Crippen molar-refractivity contribution in [3.05, 3.63) is 334 Å². The zero-order valence-electron chi connectivity index (χ0n) is 52.3. The van der Waals surface area contributed by atoms with Crippen LogP contribution in [0.1, 0.15) is 0 Å². The Bertz CT molecular complexity index is 5980. The number of rotatable bonds is 12. The summed E-state index contributed by atoms with van der Waals surface area (Å²) < 4.78 is 6.74. The molecule has 0 saturated carbocycles. The topological polar surface area (TPSA) is 103 Å². The molecule has 0 fully saturated rings. The first-order valence-electron chi connectivity index (χ1n) is 32.5. The maximum absolute atomic E-state index is 6.74. The van der Waals surface area contributed by atoms with Crippen LogP contribution in [0.5, 0.6) is 0 Å². The fourth-order valence-corrected chi connectivity index (χ4v) is 13.5. The Morgan fingerprint density at radius 1 is 0.144 bits per heavy atom. The van der Waals surface area contributed by atoms with Crippen LogP contribution in [0, 0.1) is 0 Å². The Kier molecular flexibility index (Phi) is 14.0. The van der Waals surface area contributed by atoms with Gasteiger partial charge in [-0.15, -0.1) is 0 Å². The van der Waals surface area contributed by atoms with Gasteiger partial charge < -0.3 is 4.42 Å². The first-order valence-corrected chi connectivity index (χ1v) is 32.5. The highest BCUT2D eigenvalue weighted by atomic mass is 16.3. The highest BCUT2D eigenvalue weighted by Crippen LogP contribution is 2.41. The van der Waals surface area contributed by atoms with Gasteiger partial charge in [-0.05, 0) is 132 Å². The molecule has 0 N–H and O–H groups in total. The largest absolute Gasteiger partial charge is 0.456 e. The second-order valence-electron chi connectivity index (χ2n) is 24.4. The second-order valence-corrected chi connectivity index (χ2v) is 24.4. The molecule has 18 aromatic rings. The molecule has 0 spiro atoms. The number of aromatic nitrogens is 7. The molecule has 4 heterocycles. The fourth-order valence-electron chi connectivity index (χ4n) is 13.5. The Morgan fingerprint density at radius 3 is 0.825 bits per heavy atom. The van der Waals surface area contributed by atoms with Gasteiger partial charge in [0.25, 0.3) is 0 Å². The molecule has 97 heavy (non-hydrogen) atoms. The Balaban J connectivity index is 0.671. The van der Waals surface area contributed by atoms with Crippen LogP contribution in [-0.2, 0) is 0 Å². The van der Waals surface area contributed by atoms with Crippen LogP contribution >= 0.6 is 0 Å². The lowest BCUT2D eigenvalue weighted by Crippen LogP contribution is -2.00. The van der Waals surface area contributed by atoms with Gasteiger partial charge >= 0.3 is 0 Å². The molecule has 18 rings (SSSR count). The van der Waals surface area contributed by atoms with Crippen LogP contribution in [0.4, 0.5) is 0 Å². The standard InChI is InChI=1S/C89H55N7O/c1-5-21-56(22-6-1)79-54-80(57-23-7-2-8-24-57)91-86(90-79)69-42-45-76-77-46-43-70(53-84(77)97-83(76)52-69)87-92-81(58-25-9-3-10-26-58)55-82(93-87)66-34-18-31-62(48-66)64-33-20-36-68(50-64)89-95-85(59-27-11-4-12-28-59)94-88(96-89)67-35-19-32-63(49-67)60-29-17-30-61(47-60)65-41-44-75-73-39-14-13-37-71(73)72-38-15-16-40-74(72)78(75)51-65/h1-55H. The van der Waals surface area contributed by atoms with E-state index in [-0.39, 0.29) is 0 Å². The van der Waals surface area contributed by atoms with Crippen molar-refractivity contribution < 1.29 is 4.42 Å². The third kappa shape index (κ3) is 10.8. The molecule has 0 aliphatic carbocycles. The van der Waals surface area contributed by atoms with Crippen LogP contribution < -0.4 is 0 Å². The fraction of sp³-hybridized carbons (Fsp3) is 0. The Hall–Kier alpha value is -13.2. The molecule has 0 saturated heterocycles. The van der Waals surface area contributed by atoms with E-state index in [4.69, 9.17) is 39.3 Å². The molecule has 0 radical (unpaired) electrons. The molecular formula is C89H55N7O. The van der Waals surface area contributed by atoms with E-state index < -0.39 is 0 Å². The molecule has 0 atom stereocenters. The molecular weight excluding hydrogens is 1180 g/mol. The van der Waals surface area contributed by atoms with Crippen molar-refractivity contribution in [3.8, 4) is 135 Å². The minimum atomic E-state index is 0.570. The third-order valence-electron chi connectivity index (χ3n) is 18.3. The van der Waals surface area contributed by atoms with E-state index in [1.165, 1.54) is 32.3 Å². The number of nitrogens with zero attached hydrogens (tertiary/aromatic N) is 7. The molecule has 0 aliphatic rings. The SMILES string of the molecule is c1ccc(-c2cc(-c3ccccc3)nc(-c3ccc4c(c3)oc3cc(-c5nc(-c6ccccc6)cc(-c6cccc(-c7cccc(-c8nc(-c9ccccc9)nc(-c9cccc(-c%10cccc(-c%11ccc%12c%13ccccc%13c%13ccccc%13c%12c%11)c%10)c9)n8)c7)c6)n5)ccc34)n2)cc1. The number of fused-ring (bicyclic) bond motifs is 9. The number of hydrogen-bond donors (Lipinski definition) is 0. The number of furan rings is 1. The third-order valence-corrected chi connectivity index (χ3v) is 18.3. The summed E-state index contributed by atoms with van der Waals surface area (Å²) in [7, 11) is 0. The lowest BCUT2D eigenvalue weighted by molar-refractivity contribution is 0.669. The van der Waals surface area contributed by atoms with E-state index in [2.05, 4.69) is 237 Å². The van der Waals surface area contributed by atoms with Crippen molar-refractivity contribution >= 4 is 54.3 Å². The van der Waals surface area contributed by atoms with E-state index in [0.29, 0.717) is 29.1 Å². The molecule has 8 nitrogen and oxygen atoms in total. The summed E-state index contributed by atoms with van der Waals surface area (Å²) in [5.74, 6) is 2.94. The zero-order valence-corrected chi connectivity index (χ0v) is 52.3. The molecule has 8 heteroatoms. The van der Waals surface area contributed by atoms with E-state index in [1.54, 1.807) is 0 Å². The smallest absolute Gasteiger partial charge is 0.164 e. The van der Waals surface area contributed by atoms with Crippen molar-refractivity contribution in [1.82, 2.24) is 34.9 Å². The van der Waals surface area contributed by atoms with Gasteiger partial charge in [0.05, 0.1) is 22.8 Å². The highest BCUT2D eigenvalue weighted by molar-refractivity contribution is 6.25. The van der Waals surface area contributed by atoms with Gasteiger partial charge in [0.2, 0.25) is 0 Å². The van der Waals surface area contributed by atoms with Gasteiger partial charge in [-0.1, -0.05) is 267 Å². The molecule has 4 aromatic heterocycles. The highest BCUT2D eigenvalue weighted by Gasteiger charge is 2.20. The predicted octanol–water partition coefficient (Wildman–Crippen LogP) is 22.8. The average molecular weight is 1240 g/mol. The van der Waals surface area contributed by atoms with Gasteiger partial charge in [0, 0.05) is 60.8 Å². The van der Waals surface area contributed by atoms with Crippen LogP contribution in [0.3, 0.4) is 0 Å². The van der Waals surface area contributed by atoms with E-state index in [0.717, 1.165) is 128 Å². The minimum Gasteiger partial charge on any atom is -0.456 e.